The van der Waals surface area contributed by atoms with Crippen molar-refractivity contribution in [1.29, 1.82) is 0 Å². The van der Waals surface area contributed by atoms with Crippen LogP contribution in [0, 0.1) is 5.82 Å². The van der Waals surface area contributed by atoms with Crippen LogP contribution in [-0.2, 0) is 19.5 Å². The highest BCUT2D eigenvalue weighted by atomic mass is 35.5. The van der Waals surface area contributed by atoms with Gasteiger partial charge in [-0.05, 0) is 36.2 Å². The van der Waals surface area contributed by atoms with Crippen molar-refractivity contribution in [1.82, 2.24) is 14.9 Å². The van der Waals surface area contributed by atoms with Crippen LogP contribution >= 0.6 is 11.6 Å². The first-order valence-corrected chi connectivity index (χ1v) is 8.30. The van der Waals surface area contributed by atoms with E-state index in [0.717, 1.165) is 17.8 Å². The summed E-state index contributed by atoms with van der Waals surface area (Å²) in [6, 6.07) is 8.22. The molecule has 0 unspecified atom stereocenters. The van der Waals surface area contributed by atoms with Gasteiger partial charge in [-0.25, -0.2) is 9.37 Å². The largest absolute Gasteiger partial charge is 0.461 e. The number of hydrogen-bond donors (Lipinski definition) is 1. The summed E-state index contributed by atoms with van der Waals surface area (Å²) in [6.45, 7) is 1.89. The second-order valence-electron chi connectivity index (χ2n) is 6.03. The van der Waals surface area contributed by atoms with Crippen LogP contribution in [0.4, 0.5) is 4.39 Å². The van der Waals surface area contributed by atoms with Gasteiger partial charge in [0.1, 0.15) is 5.82 Å². The fraction of sp³-hybridized carbons (Fsp3) is 0.222. The van der Waals surface area contributed by atoms with Crippen LogP contribution in [0.2, 0.25) is 5.02 Å². The van der Waals surface area contributed by atoms with E-state index in [1.54, 1.807) is 30.5 Å². The molecule has 4 rings (SSSR count). The molecule has 128 valence electrons. The maximum Gasteiger partial charge on any atom is 0.254 e. The SMILES string of the molecule is O=c1[nH]c(-c2ccco2)nc2c1CCN(Cc1ccc(F)c(Cl)c1)C2. The average molecular weight is 360 g/mol. The van der Waals surface area contributed by atoms with Crippen molar-refractivity contribution in [3.05, 3.63) is 74.6 Å². The molecule has 2 aromatic heterocycles. The van der Waals surface area contributed by atoms with E-state index >= 15 is 0 Å². The number of halogens is 2. The molecule has 3 heterocycles. The first kappa shape index (κ1) is 16.1. The molecule has 1 aliphatic heterocycles. The van der Waals surface area contributed by atoms with Gasteiger partial charge in [-0.2, -0.15) is 0 Å². The molecule has 0 aliphatic carbocycles. The van der Waals surface area contributed by atoms with Gasteiger partial charge >= 0.3 is 0 Å². The molecule has 5 nitrogen and oxygen atoms in total. The smallest absolute Gasteiger partial charge is 0.254 e. The van der Waals surface area contributed by atoms with Gasteiger partial charge in [0.15, 0.2) is 11.6 Å². The molecule has 0 spiro atoms. The van der Waals surface area contributed by atoms with Gasteiger partial charge in [-0.15, -0.1) is 0 Å². The molecular weight excluding hydrogens is 345 g/mol. The third-order valence-corrected chi connectivity index (χ3v) is 4.59. The van der Waals surface area contributed by atoms with Crippen molar-refractivity contribution in [2.24, 2.45) is 0 Å². The molecule has 1 aliphatic rings. The summed E-state index contributed by atoms with van der Waals surface area (Å²) in [5, 5.41) is 0.115. The zero-order valence-corrected chi connectivity index (χ0v) is 14.0. The van der Waals surface area contributed by atoms with Crippen molar-refractivity contribution in [3.8, 4) is 11.6 Å². The molecule has 3 aromatic rings. The minimum atomic E-state index is -0.425. The zero-order valence-electron chi connectivity index (χ0n) is 13.3. The number of aromatic nitrogens is 2. The Kier molecular flexibility index (Phi) is 4.15. The van der Waals surface area contributed by atoms with Crippen LogP contribution in [0.1, 0.15) is 16.8 Å². The Morgan fingerprint density at radius 2 is 2.24 bits per heavy atom. The first-order valence-electron chi connectivity index (χ1n) is 7.92. The Bertz CT molecular complexity index is 969. The lowest BCUT2D eigenvalue weighted by Crippen LogP contribution is -2.35. The summed E-state index contributed by atoms with van der Waals surface area (Å²) in [5.74, 6) is 0.536. The third kappa shape index (κ3) is 3.23. The van der Waals surface area contributed by atoms with E-state index in [1.165, 1.54) is 6.07 Å². The average Bonchev–Trinajstić information content (AvgIpc) is 3.12. The molecule has 0 saturated carbocycles. The van der Waals surface area contributed by atoms with Crippen LogP contribution in [0.3, 0.4) is 0 Å². The van der Waals surface area contributed by atoms with E-state index in [9.17, 15) is 9.18 Å². The molecule has 1 N–H and O–H groups in total. The van der Waals surface area contributed by atoms with Gasteiger partial charge in [0, 0.05) is 25.2 Å². The number of fused-ring (bicyclic) bond motifs is 1. The van der Waals surface area contributed by atoms with Gasteiger partial charge in [-0.3, -0.25) is 9.69 Å². The molecule has 25 heavy (non-hydrogen) atoms. The van der Waals surface area contributed by atoms with E-state index in [1.807, 2.05) is 0 Å². The topological polar surface area (TPSA) is 62.1 Å². The predicted molar refractivity (Wildman–Crippen MR) is 91.8 cm³/mol. The van der Waals surface area contributed by atoms with Crippen molar-refractivity contribution >= 4 is 11.6 Å². The van der Waals surface area contributed by atoms with Crippen molar-refractivity contribution in [2.75, 3.05) is 6.54 Å². The van der Waals surface area contributed by atoms with Gasteiger partial charge in [0.05, 0.1) is 17.0 Å². The van der Waals surface area contributed by atoms with Crippen molar-refractivity contribution in [2.45, 2.75) is 19.5 Å². The van der Waals surface area contributed by atoms with E-state index in [0.29, 0.717) is 36.7 Å². The number of nitrogens with one attached hydrogen (secondary N) is 1. The summed E-state index contributed by atoms with van der Waals surface area (Å²) < 4.78 is 18.6. The van der Waals surface area contributed by atoms with Crippen molar-refractivity contribution in [3.63, 3.8) is 0 Å². The van der Waals surface area contributed by atoms with Gasteiger partial charge in [-0.1, -0.05) is 17.7 Å². The molecule has 0 fully saturated rings. The zero-order chi connectivity index (χ0) is 17.4. The number of rotatable bonds is 3. The van der Waals surface area contributed by atoms with E-state index in [-0.39, 0.29) is 10.6 Å². The molecular formula is C18H15ClFN3O2. The maximum atomic E-state index is 13.3. The summed E-state index contributed by atoms with van der Waals surface area (Å²) in [5.41, 5.74) is 2.25. The normalized spacial score (nSPS) is 14.5. The second kappa shape index (κ2) is 6.46. The summed E-state index contributed by atoms with van der Waals surface area (Å²) in [7, 11) is 0. The highest BCUT2D eigenvalue weighted by molar-refractivity contribution is 6.30. The number of nitrogens with zero attached hydrogens (tertiary/aromatic N) is 2. The van der Waals surface area contributed by atoms with Crippen LogP contribution in [0.5, 0.6) is 0 Å². The fourth-order valence-corrected chi connectivity index (χ4v) is 3.26. The van der Waals surface area contributed by atoms with Crippen LogP contribution < -0.4 is 5.56 Å². The number of benzene rings is 1. The standard InChI is InChI=1S/C18H15ClFN3O2/c19-13-8-11(3-4-14(13)20)9-23-6-5-12-15(10-23)21-17(22-18(12)24)16-2-1-7-25-16/h1-4,7-8H,5-6,9-10H2,(H,21,22,24). The summed E-state index contributed by atoms with van der Waals surface area (Å²) in [6.07, 6.45) is 2.16. The van der Waals surface area contributed by atoms with Gasteiger partial charge in [0.25, 0.3) is 5.56 Å². The molecule has 0 atom stereocenters. The molecule has 7 heteroatoms. The minimum Gasteiger partial charge on any atom is -0.461 e. The molecule has 1 aromatic carbocycles. The molecule has 0 bridgehead atoms. The van der Waals surface area contributed by atoms with E-state index in [4.69, 9.17) is 16.0 Å². The molecule has 0 amide bonds. The highest BCUT2D eigenvalue weighted by Gasteiger charge is 2.22. The van der Waals surface area contributed by atoms with Crippen LogP contribution in [0.15, 0.2) is 45.8 Å². The van der Waals surface area contributed by atoms with Crippen molar-refractivity contribution < 1.29 is 8.81 Å². The van der Waals surface area contributed by atoms with Crippen LogP contribution in [-0.4, -0.2) is 21.4 Å². The lowest BCUT2D eigenvalue weighted by molar-refractivity contribution is 0.240. The Morgan fingerprint density at radius 3 is 3.00 bits per heavy atom. The maximum absolute atomic E-state index is 13.3. The molecule has 0 saturated heterocycles. The predicted octanol–water partition coefficient (Wildman–Crippen LogP) is 3.38. The fourth-order valence-electron chi connectivity index (χ4n) is 3.05. The Hall–Kier alpha value is -2.44. The lowest BCUT2D eigenvalue weighted by Gasteiger charge is -2.27. The lowest BCUT2D eigenvalue weighted by atomic mass is 10.1. The van der Waals surface area contributed by atoms with Gasteiger partial charge in [0.2, 0.25) is 0 Å². The number of aromatic amines is 1. The summed E-state index contributed by atoms with van der Waals surface area (Å²) in [4.78, 5) is 21.8. The number of furan rings is 1. The third-order valence-electron chi connectivity index (χ3n) is 4.30. The van der Waals surface area contributed by atoms with Crippen LogP contribution in [0.25, 0.3) is 11.6 Å². The number of hydrogen-bond acceptors (Lipinski definition) is 4. The Labute approximate surface area is 148 Å². The molecule has 0 radical (unpaired) electrons. The summed E-state index contributed by atoms with van der Waals surface area (Å²) >= 11 is 5.85. The van der Waals surface area contributed by atoms with E-state index < -0.39 is 5.82 Å². The number of H-pyrrole nitrogens is 1. The van der Waals surface area contributed by atoms with Gasteiger partial charge < -0.3 is 9.40 Å². The second-order valence-corrected chi connectivity index (χ2v) is 6.43. The van der Waals surface area contributed by atoms with E-state index in [2.05, 4.69) is 14.9 Å². The Morgan fingerprint density at radius 1 is 1.36 bits per heavy atom. The monoisotopic (exact) mass is 359 g/mol. The first-order chi connectivity index (χ1) is 12.1. The highest BCUT2D eigenvalue weighted by Crippen LogP contribution is 2.22. The minimum absolute atomic E-state index is 0.115. The Balaban J connectivity index is 1.59. The quantitative estimate of drug-likeness (QED) is 0.778.